The summed E-state index contributed by atoms with van der Waals surface area (Å²) in [6.07, 6.45) is 0.675. The van der Waals surface area contributed by atoms with E-state index in [-0.39, 0.29) is 22.5 Å². The van der Waals surface area contributed by atoms with E-state index in [9.17, 15) is 9.59 Å². The van der Waals surface area contributed by atoms with Crippen molar-refractivity contribution in [3.05, 3.63) is 121 Å². The van der Waals surface area contributed by atoms with Gasteiger partial charge in [0.2, 0.25) is 0 Å². The first-order valence-corrected chi connectivity index (χ1v) is 20.8. The van der Waals surface area contributed by atoms with Crippen molar-refractivity contribution < 1.29 is 23.2 Å². The highest BCUT2D eigenvalue weighted by Crippen LogP contribution is 2.47. The number of aldehydes is 1. The summed E-state index contributed by atoms with van der Waals surface area (Å²) < 4.78 is 20.5. The van der Waals surface area contributed by atoms with Gasteiger partial charge >= 0.3 is 5.97 Å². The number of carbonyl (C=O) groups excluding carboxylic acids is 2. The van der Waals surface area contributed by atoms with Crippen LogP contribution in [0.1, 0.15) is 54.4 Å². The van der Waals surface area contributed by atoms with Crippen LogP contribution < -0.4 is 20.7 Å². The fraction of sp³-hybridized carbons (Fsp3) is 0.366. The molecule has 0 heterocycles. The third-order valence-corrected chi connectivity index (χ3v) is 20.3. The molecule has 0 unspecified atom stereocenters. The molecule has 0 bridgehead atoms. The zero-order chi connectivity index (χ0) is 34.6. The Labute approximate surface area is 288 Å². The summed E-state index contributed by atoms with van der Waals surface area (Å²) in [6, 6.07) is 42.0. The highest BCUT2D eigenvalue weighted by atomic mass is 28.4. The van der Waals surface area contributed by atoms with Gasteiger partial charge < -0.3 is 18.4 Å². The number of benzene rings is 4. The van der Waals surface area contributed by atoms with Gasteiger partial charge in [-0.15, -0.1) is 0 Å². The summed E-state index contributed by atoms with van der Waals surface area (Å²) in [5.41, 5.74) is 0. The topological polar surface area (TPSA) is 61.8 Å². The predicted octanol–water partition coefficient (Wildman–Crippen LogP) is 6.27. The minimum atomic E-state index is -3.02. The lowest BCUT2D eigenvalue weighted by Crippen LogP contribution is -2.68. The first kappa shape index (κ1) is 35.7. The van der Waals surface area contributed by atoms with E-state index in [1.54, 1.807) is 0 Å². The standard InChI is InChI=1S/C41H50O5Si2/c1-40(2,3)47(31-20-12-8-13-21-31,32-22-14-9-15-23-32)45-37-29-38(36(30-42)35(37)28-39(43)44-7)46-48(41(4,5)6,33-24-16-10-17-25-33)34-26-18-11-19-27-34/h8-27,30,35-38H,28-29H2,1-7H3/t35-,36+,37-,38+/m0/s1. The van der Waals surface area contributed by atoms with E-state index in [1.807, 2.05) is 24.3 Å². The maximum Gasteiger partial charge on any atom is 0.305 e. The molecule has 1 fully saturated rings. The molecule has 0 radical (unpaired) electrons. The first-order chi connectivity index (χ1) is 22.9. The number of rotatable bonds is 11. The molecular formula is C41H50O5Si2. The van der Waals surface area contributed by atoms with Gasteiger partial charge in [-0.1, -0.05) is 163 Å². The third kappa shape index (κ3) is 6.66. The molecule has 1 aliphatic rings. The van der Waals surface area contributed by atoms with Crippen molar-refractivity contribution in [2.24, 2.45) is 11.8 Å². The number of hydrogen-bond acceptors (Lipinski definition) is 5. The third-order valence-electron chi connectivity index (χ3n) is 10.1. The fourth-order valence-corrected chi connectivity index (χ4v) is 17.4. The molecule has 0 saturated heterocycles. The van der Waals surface area contributed by atoms with Crippen LogP contribution in [0.4, 0.5) is 0 Å². The van der Waals surface area contributed by atoms with Gasteiger partial charge in [0.1, 0.15) is 6.29 Å². The normalized spacial score (nSPS) is 20.3. The SMILES string of the molecule is COC(=O)C[C@H]1[C@@H](C=O)[C@H](O[Si](c2ccccc2)(c2ccccc2)C(C)(C)C)C[C@@H]1O[Si](c1ccccc1)(c1ccccc1)C(C)(C)C. The first-order valence-electron chi connectivity index (χ1n) is 17.0. The smallest absolute Gasteiger partial charge is 0.305 e. The zero-order valence-corrected chi connectivity index (χ0v) is 31.4. The summed E-state index contributed by atoms with van der Waals surface area (Å²) >= 11 is 0. The molecule has 1 aliphatic carbocycles. The molecule has 4 aromatic carbocycles. The predicted molar refractivity (Wildman–Crippen MR) is 199 cm³/mol. The lowest BCUT2D eigenvalue weighted by molar-refractivity contribution is -0.143. The molecule has 0 aliphatic heterocycles. The Kier molecular flexibility index (Phi) is 10.8. The van der Waals surface area contributed by atoms with Crippen LogP contribution in [0.15, 0.2) is 121 Å². The van der Waals surface area contributed by atoms with Crippen LogP contribution in [0.25, 0.3) is 0 Å². The molecule has 252 valence electrons. The zero-order valence-electron chi connectivity index (χ0n) is 29.4. The number of ether oxygens (including phenoxy) is 1. The minimum Gasteiger partial charge on any atom is -0.469 e. The second-order valence-corrected chi connectivity index (χ2v) is 23.5. The average molecular weight is 679 g/mol. The summed E-state index contributed by atoms with van der Waals surface area (Å²) in [7, 11) is -4.64. The molecule has 4 atom stereocenters. The van der Waals surface area contributed by atoms with Crippen molar-refractivity contribution in [2.75, 3.05) is 7.11 Å². The van der Waals surface area contributed by atoms with E-state index in [4.69, 9.17) is 13.6 Å². The Morgan fingerprint density at radius 3 is 1.25 bits per heavy atom. The van der Waals surface area contributed by atoms with Crippen molar-refractivity contribution in [1.29, 1.82) is 0 Å². The van der Waals surface area contributed by atoms with Gasteiger partial charge in [0.15, 0.2) is 0 Å². The fourth-order valence-electron chi connectivity index (χ4n) is 7.92. The van der Waals surface area contributed by atoms with E-state index < -0.39 is 40.7 Å². The van der Waals surface area contributed by atoms with Crippen LogP contribution in [-0.2, 0) is 23.2 Å². The summed E-state index contributed by atoms with van der Waals surface area (Å²) in [4.78, 5) is 26.4. The molecule has 0 aromatic heterocycles. The van der Waals surface area contributed by atoms with Crippen LogP contribution in [0.3, 0.4) is 0 Å². The van der Waals surface area contributed by atoms with E-state index in [1.165, 1.54) is 7.11 Å². The summed E-state index contributed by atoms with van der Waals surface area (Å²) in [5, 5.41) is 4.04. The van der Waals surface area contributed by atoms with Crippen molar-refractivity contribution >= 4 is 49.6 Å². The van der Waals surface area contributed by atoms with E-state index in [0.717, 1.165) is 27.0 Å². The molecule has 5 rings (SSSR count). The van der Waals surface area contributed by atoms with E-state index in [0.29, 0.717) is 6.42 Å². The summed E-state index contributed by atoms with van der Waals surface area (Å²) in [5.74, 6) is -1.33. The van der Waals surface area contributed by atoms with Gasteiger partial charge in [-0.2, -0.15) is 0 Å². The van der Waals surface area contributed by atoms with Crippen LogP contribution in [0.5, 0.6) is 0 Å². The quantitative estimate of drug-likeness (QED) is 0.106. The number of carbonyl (C=O) groups is 2. The Hall–Kier alpha value is -3.63. The van der Waals surface area contributed by atoms with Crippen LogP contribution >= 0.6 is 0 Å². The molecule has 0 spiro atoms. The number of methoxy groups -OCH3 is 1. The monoisotopic (exact) mass is 678 g/mol. The largest absolute Gasteiger partial charge is 0.469 e. The molecule has 1 saturated carbocycles. The Balaban J connectivity index is 1.68. The average Bonchev–Trinajstić information content (AvgIpc) is 3.40. The Bertz CT molecular complexity index is 1550. The molecule has 0 amide bonds. The minimum absolute atomic E-state index is 0.0728. The maximum atomic E-state index is 13.3. The number of esters is 1. The second kappa shape index (κ2) is 14.5. The highest BCUT2D eigenvalue weighted by molar-refractivity contribution is 7.00. The van der Waals surface area contributed by atoms with Crippen LogP contribution in [0, 0.1) is 11.8 Å². The van der Waals surface area contributed by atoms with Gasteiger partial charge in [0.05, 0.1) is 25.7 Å². The van der Waals surface area contributed by atoms with Crippen molar-refractivity contribution in [3.8, 4) is 0 Å². The van der Waals surface area contributed by atoms with Crippen molar-refractivity contribution in [2.45, 2.75) is 76.7 Å². The Morgan fingerprint density at radius 1 is 0.625 bits per heavy atom. The van der Waals surface area contributed by atoms with Gasteiger partial charge in [-0.05, 0) is 37.2 Å². The summed E-state index contributed by atoms with van der Waals surface area (Å²) in [6.45, 7) is 13.5. The molecule has 5 nitrogen and oxygen atoms in total. The molecule has 0 N–H and O–H groups in total. The maximum absolute atomic E-state index is 13.3. The van der Waals surface area contributed by atoms with Gasteiger partial charge in [0, 0.05) is 11.8 Å². The van der Waals surface area contributed by atoms with Crippen LogP contribution in [-0.4, -0.2) is 48.2 Å². The molecule has 4 aromatic rings. The lowest BCUT2D eigenvalue weighted by atomic mass is 9.92. The number of hydrogen-bond donors (Lipinski definition) is 0. The van der Waals surface area contributed by atoms with Crippen molar-refractivity contribution in [1.82, 2.24) is 0 Å². The lowest BCUT2D eigenvalue weighted by Gasteiger charge is -2.46. The molecular weight excluding hydrogens is 629 g/mol. The van der Waals surface area contributed by atoms with Crippen LogP contribution in [0.2, 0.25) is 10.1 Å². The van der Waals surface area contributed by atoms with Gasteiger partial charge in [-0.25, -0.2) is 0 Å². The van der Waals surface area contributed by atoms with Gasteiger partial charge in [0.25, 0.3) is 16.6 Å². The molecule has 7 heteroatoms. The molecule has 48 heavy (non-hydrogen) atoms. The van der Waals surface area contributed by atoms with Gasteiger partial charge in [-0.3, -0.25) is 4.79 Å². The Morgan fingerprint density at radius 2 is 0.958 bits per heavy atom. The van der Waals surface area contributed by atoms with E-state index >= 15 is 0 Å². The van der Waals surface area contributed by atoms with Crippen molar-refractivity contribution in [3.63, 3.8) is 0 Å². The highest BCUT2D eigenvalue weighted by Gasteiger charge is 2.58. The van der Waals surface area contributed by atoms with E-state index in [2.05, 4.69) is 139 Å². The second-order valence-electron chi connectivity index (χ2n) is 15.0.